The van der Waals surface area contributed by atoms with Crippen molar-refractivity contribution in [1.82, 2.24) is 14.1 Å². The van der Waals surface area contributed by atoms with Gasteiger partial charge in [0.05, 0.1) is 39.6 Å². The summed E-state index contributed by atoms with van der Waals surface area (Å²) >= 11 is 0. The van der Waals surface area contributed by atoms with Gasteiger partial charge >= 0.3 is 0 Å². The van der Waals surface area contributed by atoms with E-state index in [9.17, 15) is 0 Å². The van der Waals surface area contributed by atoms with E-state index in [1.54, 1.807) is 0 Å². The van der Waals surface area contributed by atoms with Crippen molar-refractivity contribution in [2.45, 2.75) is 0 Å². The number of hydrogen-bond acceptors (Lipinski definition) is 2. The van der Waals surface area contributed by atoms with Gasteiger partial charge in [0, 0.05) is 49.6 Å². The van der Waals surface area contributed by atoms with E-state index in [4.69, 9.17) is 9.40 Å². The highest BCUT2D eigenvalue weighted by atomic mass is 16.3. The van der Waals surface area contributed by atoms with Gasteiger partial charge in [-0.15, -0.1) is 0 Å². The Morgan fingerprint density at radius 2 is 0.911 bits per heavy atom. The Bertz CT molecular complexity index is 2670. The quantitative estimate of drug-likeness (QED) is 0.210. The standard InChI is InChI=1S/C41H25N3O/c1-5-18-35-29(11-1)30-12-2-6-19-36(30)43(35)27-23-26(24-42-25-27)28-15-9-16-33-34-17-10-22-39(41(34)45-40(28)33)44-37-20-7-3-13-31(37)32-14-4-8-21-38(32)44/h1-25H. The van der Waals surface area contributed by atoms with Crippen LogP contribution in [0.3, 0.4) is 0 Å². The molecule has 6 aromatic carbocycles. The molecule has 0 fully saturated rings. The van der Waals surface area contributed by atoms with Gasteiger partial charge in [0.25, 0.3) is 0 Å². The molecule has 4 heteroatoms. The molecule has 0 aliphatic heterocycles. The van der Waals surface area contributed by atoms with E-state index < -0.39 is 0 Å². The number of fused-ring (bicyclic) bond motifs is 9. The molecule has 0 atom stereocenters. The van der Waals surface area contributed by atoms with Crippen LogP contribution in [0.15, 0.2) is 156 Å². The zero-order valence-corrected chi connectivity index (χ0v) is 24.2. The summed E-state index contributed by atoms with van der Waals surface area (Å²) in [6.07, 6.45) is 3.88. The van der Waals surface area contributed by atoms with Crippen LogP contribution in [0.1, 0.15) is 0 Å². The smallest absolute Gasteiger partial charge is 0.159 e. The number of aromatic nitrogens is 3. The Morgan fingerprint density at radius 1 is 0.422 bits per heavy atom. The highest BCUT2D eigenvalue weighted by Gasteiger charge is 2.19. The molecule has 0 aliphatic carbocycles. The maximum absolute atomic E-state index is 6.91. The second-order valence-corrected chi connectivity index (χ2v) is 11.6. The average molecular weight is 576 g/mol. The highest BCUT2D eigenvalue weighted by molar-refractivity contribution is 6.14. The van der Waals surface area contributed by atoms with Crippen LogP contribution in [0.4, 0.5) is 0 Å². The molecule has 0 bridgehead atoms. The SMILES string of the molecule is c1cc(-c2cncc(-n3c4ccccc4c4ccccc43)c2)c2oc3c(-n4c5ccccc5c5ccccc54)cccc3c2c1. The first-order valence-electron chi connectivity index (χ1n) is 15.2. The van der Waals surface area contributed by atoms with Crippen LogP contribution in [-0.4, -0.2) is 14.1 Å². The van der Waals surface area contributed by atoms with Crippen molar-refractivity contribution in [1.29, 1.82) is 0 Å². The molecular formula is C41H25N3O. The van der Waals surface area contributed by atoms with Gasteiger partial charge in [-0.2, -0.15) is 0 Å². The molecule has 0 radical (unpaired) electrons. The Balaban J connectivity index is 1.21. The molecule has 0 saturated carbocycles. The predicted molar refractivity (Wildman–Crippen MR) is 186 cm³/mol. The third-order valence-corrected chi connectivity index (χ3v) is 9.20. The molecule has 0 aliphatic rings. The molecule has 0 amide bonds. The maximum atomic E-state index is 6.91. The van der Waals surface area contributed by atoms with Crippen molar-refractivity contribution in [3.05, 3.63) is 152 Å². The third kappa shape index (κ3) is 3.39. The van der Waals surface area contributed by atoms with Gasteiger partial charge < -0.3 is 13.6 Å². The predicted octanol–water partition coefficient (Wildman–Crippen LogP) is 10.8. The lowest BCUT2D eigenvalue weighted by Gasteiger charge is -2.10. The summed E-state index contributed by atoms with van der Waals surface area (Å²) in [6, 6.07) is 49.4. The minimum atomic E-state index is 0.863. The average Bonchev–Trinajstić information content (AvgIpc) is 3.76. The van der Waals surface area contributed by atoms with Crippen molar-refractivity contribution < 1.29 is 4.42 Å². The Hall–Kier alpha value is -6.13. The largest absolute Gasteiger partial charge is 0.453 e. The first-order valence-corrected chi connectivity index (χ1v) is 15.2. The Kier molecular flexibility index (Phi) is 4.96. The molecule has 10 rings (SSSR count). The third-order valence-electron chi connectivity index (χ3n) is 9.20. The number of rotatable bonds is 3. The van der Waals surface area contributed by atoms with Crippen LogP contribution in [0.2, 0.25) is 0 Å². The van der Waals surface area contributed by atoms with E-state index >= 15 is 0 Å². The Morgan fingerprint density at radius 3 is 1.51 bits per heavy atom. The van der Waals surface area contributed by atoms with E-state index in [0.29, 0.717) is 0 Å². The van der Waals surface area contributed by atoms with Gasteiger partial charge in [0.15, 0.2) is 5.58 Å². The van der Waals surface area contributed by atoms with Crippen molar-refractivity contribution in [3.8, 4) is 22.5 Å². The van der Waals surface area contributed by atoms with Gasteiger partial charge in [-0.25, -0.2) is 0 Å². The van der Waals surface area contributed by atoms with Crippen LogP contribution >= 0.6 is 0 Å². The van der Waals surface area contributed by atoms with Gasteiger partial charge in [-0.1, -0.05) is 103 Å². The number of hydrogen-bond donors (Lipinski definition) is 0. The molecule has 0 unspecified atom stereocenters. The summed E-state index contributed by atoms with van der Waals surface area (Å²) in [5.41, 5.74) is 10.5. The summed E-state index contributed by atoms with van der Waals surface area (Å²) in [7, 11) is 0. The lowest BCUT2D eigenvalue weighted by molar-refractivity contribution is 0.667. The number of pyridine rings is 1. The molecule has 0 N–H and O–H groups in total. The van der Waals surface area contributed by atoms with Crippen LogP contribution in [0.25, 0.3) is 88.1 Å². The van der Waals surface area contributed by atoms with Crippen LogP contribution < -0.4 is 0 Å². The number of furan rings is 1. The maximum Gasteiger partial charge on any atom is 0.159 e. The first kappa shape index (κ1) is 24.3. The van der Waals surface area contributed by atoms with Crippen molar-refractivity contribution in [3.63, 3.8) is 0 Å². The fraction of sp³-hybridized carbons (Fsp3) is 0. The zero-order valence-electron chi connectivity index (χ0n) is 24.2. The normalized spacial score (nSPS) is 12.0. The lowest BCUT2D eigenvalue weighted by Crippen LogP contribution is -1.95. The van der Waals surface area contributed by atoms with Crippen LogP contribution in [0.5, 0.6) is 0 Å². The highest BCUT2D eigenvalue weighted by Crippen LogP contribution is 2.41. The molecule has 10 aromatic rings. The van der Waals surface area contributed by atoms with Gasteiger partial charge in [0.2, 0.25) is 0 Å². The van der Waals surface area contributed by atoms with E-state index in [1.165, 1.54) is 21.5 Å². The number of nitrogens with zero attached hydrogens (tertiary/aromatic N) is 3. The minimum Gasteiger partial charge on any atom is -0.453 e. The van der Waals surface area contributed by atoms with Gasteiger partial charge in [-0.3, -0.25) is 4.98 Å². The summed E-state index contributed by atoms with van der Waals surface area (Å²) in [5.74, 6) is 0. The first-order chi connectivity index (χ1) is 22.3. The molecule has 210 valence electrons. The molecular weight excluding hydrogens is 550 g/mol. The molecule has 4 aromatic heterocycles. The monoisotopic (exact) mass is 575 g/mol. The van der Waals surface area contributed by atoms with Crippen molar-refractivity contribution in [2.75, 3.05) is 0 Å². The van der Waals surface area contributed by atoms with Crippen molar-refractivity contribution in [2.24, 2.45) is 0 Å². The fourth-order valence-electron chi connectivity index (χ4n) is 7.29. The summed E-state index contributed by atoms with van der Waals surface area (Å²) in [5, 5.41) is 7.11. The summed E-state index contributed by atoms with van der Waals surface area (Å²) < 4.78 is 11.5. The summed E-state index contributed by atoms with van der Waals surface area (Å²) in [6.45, 7) is 0. The lowest BCUT2D eigenvalue weighted by atomic mass is 10.0. The van der Waals surface area contributed by atoms with E-state index in [2.05, 4.69) is 149 Å². The minimum absolute atomic E-state index is 0.863. The molecule has 45 heavy (non-hydrogen) atoms. The molecule has 4 nitrogen and oxygen atoms in total. The van der Waals surface area contributed by atoms with Crippen molar-refractivity contribution >= 4 is 65.6 Å². The van der Waals surface area contributed by atoms with E-state index in [0.717, 1.165) is 66.5 Å². The zero-order chi connectivity index (χ0) is 29.5. The number of benzene rings is 6. The van der Waals surface area contributed by atoms with E-state index in [-0.39, 0.29) is 0 Å². The van der Waals surface area contributed by atoms with E-state index in [1.807, 2.05) is 12.4 Å². The number of para-hydroxylation sites is 6. The summed E-state index contributed by atoms with van der Waals surface area (Å²) in [4.78, 5) is 4.75. The molecule has 0 saturated heterocycles. The van der Waals surface area contributed by atoms with Gasteiger partial charge in [0.1, 0.15) is 5.58 Å². The second kappa shape index (κ2) is 9.18. The fourth-order valence-corrected chi connectivity index (χ4v) is 7.29. The topological polar surface area (TPSA) is 35.9 Å². The van der Waals surface area contributed by atoms with Crippen LogP contribution in [0, 0.1) is 0 Å². The van der Waals surface area contributed by atoms with Crippen LogP contribution in [-0.2, 0) is 0 Å². The second-order valence-electron chi connectivity index (χ2n) is 11.6. The molecule has 4 heterocycles. The Labute approximate surface area is 258 Å². The van der Waals surface area contributed by atoms with Gasteiger partial charge in [-0.05, 0) is 36.4 Å². The molecule has 0 spiro atoms.